The van der Waals surface area contributed by atoms with Crippen molar-refractivity contribution in [2.24, 2.45) is 11.3 Å². The van der Waals surface area contributed by atoms with Gasteiger partial charge in [-0.25, -0.2) is 0 Å². The van der Waals surface area contributed by atoms with Gasteiger partial charge in [0.2, 0.25) is 0 Å². The fraction of sp³-hybridized carbons (Fsp3) is 0.588. The summed E-state index contributed by atoms with van der Waals surface area (Å²) < 4.78 is 5.17. The number of rotatable bonds is 6. The first-order chi connectivity index (χ1) is 10.1. The Morgan fingerprint density at radius 2 is 1.86 bits per heavy atom. The lowest BCUT2D eigenvalue weighted by molar-refractivity contribution is -0.152. The van der Waals surface area contributed by atoms with Crippen molar-refractivity contribution in [2.75, 3.05) is 6.61 Å². The molecular formula is C17H25ClO4. The third-order valence-electron chi connectivity index (χ3n) is 3.90. The number of carbonyl (C=O) groups excluding carboxylic acids is 1. The molecule has 1 aromatic carbocycles. The Morgan fingerprint density at radius 1 is 1.27 bits per heavy atom. The molecule has 0 aliphatic heterocycles. The minimum absolute atomic E-state index is 0.0575. The minimum atomic E-state index is -1.10. The van der Waals surface area contributed by atoms with Gasteiger partial charge in [0.15, 0.2) is 0 Å². The molecule has 0 aliphatic rings. The van der Waals surface area contributed by atoms with Gasteiger partial charge >= 0.3 is 5.97 Å². The van der Waals surface area contributed by atoms with Crippen molar-refractivity contribution < 1.29 is 19.7 Å². The maximum atomic E-state index is 11.9. The summed E-state index contributed by atoms with van der Waals surface area (Å²) >= 11 is 5.98. The first-order valence-electron chi connectivity index (χ1n) is 7.41. The van der Waals surface area contributed by atoms with E-state index >= 15 is 0 Å². The van der Waals surface area contributed by atoms with Crippen molar-refractivity contribution >= 4 is 17.6 Å². The molecule has 0 amide bonds. The average molecular weight is 329 g/mol. The van der Waals surface area contributed by atoms with Gasteiger partial charge in [-0.05, 0) is 11.5 Å². The SMILES string of the molecule is CC(C(=O)OCCC(O)C(O)c1ccccc1Cl)C(C)(C)C. The molecule has 5 heteroatoms. The van der Waals surface area contributed by atoms with Crippen LogP contribution in [0.5, 0.6) is 0 Å². The third-order valence-corrected chi connectivity index (χ3v) is 4.24. The topological polar surface area (TPSA) is 66.8 Å². The number of ether oxygens (including phenoxy) is 1. The first kappa shape index (κ1) is 18.9. The third kappa shape index (κ3) is 5.27. The molecule has 2 N–H and O–H groups in total. The van der Waals surface area contributed by atoms with Crippen LogP contribution in [-0.2, 0) is 9.53 Å². The summed E-state index contributed by atoms with van der Waals surface area (Å²) in [6.45, 7) is 7.78. The van der Waals surface area contributed by atoms with Crippen LogP contribution in [0.4, 0.5) is 0 Å². The van der Waals surface area contributed by atoms with Gasteiger partial charge in [0, 0.05) is 17.0 Å². The Labute approximate surface area is 137 Å². The van der Waals surface area contributed by atoms with Gasteiger partial charge in [-0.2, -0.15) is 0 Å². The Balaban J connectivity index is 2.48. The van der Waals surface area contributed by atoms with Crippen LogP contribution in [-0.4, -0.2) is 28.9 Å². The summed E-state index contributed by atoms with van der Waals surface area (Å²) in [4.78, 5) is 11.9. The van der Waals surface area contributed by atoms with E-state index in [4.69, 9.17) is 16.3 Å². The highest BCUT2D eigenvalue weighted by molar-refractivity contribution is 6.31. The van der Waals surface area contributed by atoms with Crippen LogP contribution >= 0.6 is 11.6 Å². The smallest absolute Gasteiger partial charge is 0.309 e. The van der Waals surface area contributed by atoms with Crippen LogP contribution in [0.2, 0.25) is 5.02 Å². The highest BCUT2D eigenvalue weighted by atomic mass is 35.5. The molecule has 0 radical (unpaired) electrons. The van der Waals surface area contributed by atoms with E-state index in [1.54, 1.807) is 24.3 Å². The molecule has 3 unspecified atom stereocenters. The Bertz CT molecular complexity index is 496. The highest BCUT2D eigenvalue weighted by Crippen LogP contribution is 2.28. The number of benzene rings is 1. The molecule has 3 atom stereocenters. The predicted octanol–water partition coefficient (Wildman–Crippen LogP) is 3.35. The minimum Gasteiger partial charge on any atom is -0.465 e. The zero-order valence-electron chi connectivity index (χ0n) is 13.5. The van der Waals surface area contributed by atoms with Gasteiger partial charge in [-0.3, -0.25) is 4.79 Å². The van der Waals surface area contributed by atoms with Crippen molar-refractivity contribution in [3.63, 3.8) is 0 Å². The summed E-state index contributed by atoms with van der Waals surface area (Å²) in [6.07, 6.45) is -2.00. The van der Waals surface area contributed by atoms with Crippen LogP contribution in [0.1, 0.15) is 45.8 Å². The molecule has 0 heterocycles. The fourth-order valence-electron chi connectivity index (χ4n) is 1.84. The first-order valence-corrected chi connectivity index (χ1v) is 7.79. The summed E-state index contributed by atoms with van der Waals surface area (Å²) in [6, 6.07) is 6.80. The van der Waals surface area contributed by atoms with Crippen LogP contribution in [0.15, 0.2) is 24.3 Å². The van der Waals surface area contributed by atoms with Crippen molar-refractivity contribution in [1.29, 1.82) is 0 Å². The summed E-state index contributed by atoms with van der Waals surface area (Å²) in [7, 11) is 0. The second kappa shape index (κ2) is 7.95. The van der Waals surface area contributed by atoms with E-state index in [-0.39, 0.29) is 30.3 Å². The number of halogens is 1. The number of aliphatic hydroxyl groups excluding tert-OH is 2. The summed E-state index contributed by atoms with van der Waals surface area (Å²) in [5.74, 6) is -0.537. The predicted molar refractivity (Wildman–Crippen MR) is 86.6 cm³/mol. The van der Waals surface area contributed by atoms with E-state index in [9.17, 15) is 15.0 Å². The second-order valence-electron chi connectivity index (χ2n) is 6.58. The molecule has 0 bridgehead atoms. The quantitative estimate of drug-likeness (QED) is 0.786. The number of aliphatic hydroxyl groups is 2. The van der Waals surface area contributed by atoms with Gasteiger partial charge in [0.05, 0.1) is 18.6 Å². The van der Waals surface area contributed by atoms with E-state index in [0.717, 1.165) is 0 Å². The van der Waals surface area contributed by atoms with E-state index in [1.165, 1.54) is 0 Å². The molecule has 0 aliphatic carbocycles. The molecule has 22 heavy (non-hydrogen) atoms. The Kier molecular flexibility index (Phi) is 6.85. The number of hydrogen-bond donors (Lipinski definition) is 2. The number of esters is 1. The highest BCUT2D eigenvalue weighted by Gasteiger charge is 2.28. The lowest BCUT2D eigenvalue weighted by Crippen LogP contribution is -2.29. The van der Waals surface area contributed by atoms with Crippen molar-refractivity contribution in [3.05, 3.63) is 34.9 Å². The van der Waals surface area contributed by atoms with E-state index < -0.39 is 12.2 Å². The number of carbonyl (C=O) groups is 1. The lowest BCUT2D eigenvalue weighted by Gasteiger charge is -2.25. The van der Waals surface area contributed by atoms with Gasteiger partial charge in [-0.15, -0.1) is 0 Å². The molecule has 0 fully saturated rings. The molecule has 0 spiro atoms. The van der Waals surface area contributed by atoms with Crippen LogP contribution in [0.3, 0.4) is 0 Å². The van der Waals surface area contributed by atoms with Gasteiger partial charge in [0.1, 0.15) is 6.10 Å². The van der Waals surface area contributed by atoms with Crippen LogP contribution < -0.4 is 0 Å². The monoisotopic (exact) mass is 328 g/mol. The largest absolute Gasteiger partial charge is 0.465 e. The fourth-order valence-corrected chi connectivity index (χ4v) is 2.09. The Hall–Kier alpha value is -1.10. The molecule has 0 aromatic heterocycles. The van der Waals surface area contributed by atoms with Crippen LogP contribution in [0.25, 0.3) is 0 Å². The summed E-state index contributed by atoms with van der Waals surface area (Å²) in [5, 5.41) is 20.5. The van der Waals surface area contributed by atoms with Crippen molar-refractivity contribution in [1.82, 2.24) is 0 Å². The van der Waals surface area contributed by atoms with E-state index in [2.05, 4.69) is 0 Å². The maximum absolute atomic E-state index is 11.9. The lowest BCUT2D eigenvalue weighted by atomic mass is 9.82. The van der Waals surface area contributed by atoms with E-state index in [1.807, 2.05) is 27.7 Å². The normalized spacial score (nSPS) is 16.0. The Morgan fingerprint density at radius 3 is 2.41 bits per heavy atom. The van der Waals surface area contributed by atoms with Gasteiger partial charge < -0.3 is 14.9 Å². The summed E-state index contributed by atoms with van der Waals surface area (Å²) in [5.41, 5.74) is 0.290. The number of hydrogen-bond acceptors (Lipinski definition) is 4. The van der Waals surface area contributed by atoms with Gasteiger partial charge in [0.25, 0.3) is 0 Å². The molecule has 124 valence electrons. The zero-order chi connectivity index (χ0) is 16.9. The van der Waals surface area contributed by atoms with Crippen LogP contribution in [0, 0.1) is 11.3 Å². The van der Waals surface area contributed by atoms with Crippen molar-refractivity contribution in [2.45, 2.75) is 46.3 Å². The standard InChI is InChI=1S/C17H25ClO4/c1-11(17(2,3)4)16(21)22-10-9-14(19)15(20)12-7-5-6-8-13(12)18/h5-8,11,14-15,19-20H,9-10H2,1-4H3. The second-order valence-corrected chi connectivity index (χ2v) is 6.98. The molecule has 4 nitrogen and oxygen atoms in total. The van der Waals surface area contributed by atoms with Crippen molar-refractivity contribution in [3.8, 4) is 0 Å². The zero-order valence-corrected chi connectivity index (χ0v) is 14.3. The molecular weight excluding hydrogens is 304 g/mol. The molecule has 0 saturated heterocycles. The maximum Gasteiger partial charge on any atom is 0.309 e. The average Bonchev–Trinajstić information content (AvgIpc) is 2.45. The molecule has 0 saturated carbocycles. The van der Waals surface area contributed by atoms with Gasteiger partial charge in [-0.1, -0.05) is 57.5 Å². The van der Waals surface area contributed by atoms with E-state index in [0.29, 0.717) is 10.6 Å². The molecule has 1 rings (SSSR count). The molecule has 1 aromatic rings.